The van der Waals surface area contributed by atoms with Gasteiger partial charge in [-0.25, -0.2) is 0 Å². The zero-order valence-electron chi connectivity index (χ0n) is 6.53. The van der Waals surface area contributed by atoms with Gasteiger partial charge in [-0.15, -0.1) is 0 Å². The third-order valence-electron chi connectivity index (χ3n) is 1.39. The minimum absolute atomic E-state index is 0.791. The number of hydrogen-bond donors (Lipinski definition) is 0. The van der Waals surface area contributed by atoms with Crippen molar-refractivity contribution in [1.29, 1.82) is 0 Å². The maximum absolute atomic E-state index is 10.9. The fraction of sp³-hybridized carbons (Fsp3) is 0.250. The number of benzene rings is 1. The fourth-order valence-corrected chi connectivity index (χ4v) is 1.29. The lowest BCUT2D eigenvalue weighted by Gasteiger charge is -1.99. The summed E-state index contributed by atoms with van der Waals surface area (Å²) in [6.45, 7) is 0. The topological polar surface area (TPSA) is 26.3 Å². The van der Waals surface area contributed by atoms with Crippen LogP contribution in [0.3, 0.4) is 0 Å². The number of methoxy groups -OCH3 is 1. The summed E-state index contributed by atoms with van der Waals surface area (Å²) in [5.41, 5.74) is 0. The van der Waals surface area contributed by atoms with E-state index < -0.39 is 10.8 Å². The van der Waals surface area contributed by atoms with Gasteiger partial charge in [0.15, 0.2) is 0 Å². The molecule has 0 saturated carbocycles. The second-order valence-corrected chi connectivity index (χ2v) is 3.51. The van der Waals surface area contributed by atoms with Crippen LogP contribution in [0.25, 0.3) is 0 Å². The first-order valence-corrected chi connectivity index (χ1v) is 4.77. The molecule has 0 aliphatic rings. The van der Waals surface area contributed by atoms with E-state index in [9.17, 15) is 4.21 Å². The maximum Gasteiger partial charge on any atom is 0.118 e. The van der Waals surface area contributed by atoms with Crippen molar-refractivity contribution in [2.75, 3.05) is 13.4 Å². The molecule has 0 aromatic heterocycles. The molecule has 0 bridgehead atoms. The molecule has 1 aromatic carbocycles. The predicted octanol–water partition coefficient (Wildman–Crippen LogP) is 1.43. The maximum atomic E-state index is 10.9. The monoisotopic (exact) mass is 170 g/mol. The minimum atomic E-state index is -0.895. The summed E-state index contributed by atoms with van der Waals surface area (Å²) in [6.07, 6.45) is 1.65. The van der Waals surface area contributed by atoms with Gasteiger partial charge >= 0.3 is 0 Å². The van der Waals surface area contributed by atoms with Crippen molar-refractivity contribution in [3.63, 3.8) is 0 Å². The summed E-state index contributed by atoms with van der Waals surface area (Å²) in [5, 5.41) is 0. The van der Waals surface area contributed by atoms with E-state index in [-0.39, 0.29) is 0 Å². The van der Waals surface area contributed by atoms with Gasteiger partial charge in [0.1, 0.15) is 5.75 Å². The van der Waals surface area contributed by atoms with E-state index in [4.69, 9.17) is 4.74 Å². The molecule has 0 saturated heterocycles. The smallest absolute Gasteiger partial charge is 0.118 e. The molecular weight excluding hydrogens is 160 g/mol. The zero-order chi connectivity index (χ0) is 8.27. The molecule has 1 rings (SSSR count). The molecule has 2 nitrogen and oxygen atoms in total. The first-order valence-electron chi connectivity index (χ1n) is 3.21. The Labute approximate surface area is 68.6 Å². The van der Waals surface area contributed by atoms with Gasteiger partial charge in [-0.05, 0) is 24.3 Å². The highest BCUT2D eigenvalue weighted by Crippen LogP contribution is 2.12. The SMILES string of the molecule is COc1ccc(S(C)=O)cc1. The van der Waals surface area contributed by atoms with Crippen molar-refractivity contribution < 1.29 is 8.95 Å². The Kier molecular flexibility index (Phi) is 2.65. The van der Waals surface area contributed by atoms with E-state index in [1.165, 1.54) is 0 Å². The van der Waals surface area contributed by atoms with Crippen LogP contribution in [0.15, 0.2) is 29.2 Å². The molecular formula is C8H10O2S. The van der Waals surface area contributed by atoms with Crippen molar-refractivity contribution >= 4 is 10.8 Å². The van der Waals surface area contributed by atoms with Crippen molar-refractivity contribution in [3.8, 4) is 5.75 Å². The molecule has 1 unspecified atom stereocenters. The van der Waals surface area contributed by atoms with E-state index in [1.807, 2.05) is 0 Å². The molecule has 0 aliphatic carbocycles. The van der Waals surface area contributed by atoms with Gasteiger partial charge in [0.2, 0.25) is 0 Å². The second-order valence-electron chi connectivity index (χ2n) is 2.13. The number of ether oxygens (including phenoxy) is 1. The zero-order valence-corrected chi connectivity index (χ0v) is 7.35. The summed E-state index contributed by atoms with van der Waals surface area (Å²) in [5.74, 6) is 0.791. The molecule has 0 N–H and O–H groups in total. The largest absolute Gasteiger partial charge is 0.497 e. The van der Waals surface area contributed by atoms with E-state index in [0.29, 0.717) is 0 Å². The van der Waals surface area contributed by atoms with E-state index in [0.717, 1.165) is 10.6 Å². The average Bonchev–Trinajstić information content (AvgIpc) is 2.05. The summed E-state index contributed by atoms with van der Waals surface area (Å²) in [7, 11) is 0.714. The van der Waals surface area contributed by atoms with Crippen LogP contribution in [0.4, 0.5) is 0 Å². The third kappa shape index (κ3) is 2.05. The van der Waals surface area contributed by atoms with E-state index >= 15 is 0 Å². The van der Waals surface area contributed by atoms with Crippen molar-refractivity contribution in [1.82, 2.24) is 0 Å². The predicted molar refractivity (Wildman–Crippen MR) is 45.3 cm³/mol. The molecule has 11 heavy (non-hydrogen) atoms. The van der Waals surface area contributed by atoms with Crippen LogP contribution in [0.5, 0.6) is 5.75 Å². The van der Waals surface area contributed by atoms with Crippen LogP contribution in [0.1, 0.15) is 0 Å². The molecule has 0 aliphatic heterocycles. The van der Waals surface area contributed by atoms with Gasteiger partial charge in [-0.2, -0.15) is 0 Å². The van der Waals surface area contributed by atoms with Gasteiger partial charge in [0.05, 0.1) is 7.11 Å². The highest BCUT2D eigenvalue weighted by molar-refractivity contribution is 7.84. The minimum Gasteiger partial charge on any atom is -0.497 e. The molecule has 0 fully saturated rings. The highest BCUT2D eigenvalue weighted by atomic mass is 32.2. The van der Waals surface area contributed by atoms with Gasteiger partial charge < -0.3 is 4.74 Å². The average molecular weight is 170 g/mol. The Morgan fingerprint density at radius 2 is 1.82 bits per heavy atom. The Morgan fingerprint density at radius 1 is 1.27 bits per heavy atom. The van der Waals surface area contributed by atoms with Crippen LogP contribution in [-0.2, 0) is 10.8 Å². The Bertz CT molecular complexity index is 253. The molecule has 0 amide bonds. The molecule has 0 spiro atoms. The first-order chi connectivity index (χ1) is 5.24. The first kappa shape index (κ1) is 8.27. The molecule has 1 aromatic rings. The number of hydrogen-bond acceptors (Lipinski definition) is 2. The molecule has 1 atom stereocenters. The van der Waals surface area contributed by atoms with Crippen molar-refractivity contribution in [3.05, 3.63) is 24.3 Å². The molecule has 0 heterocycles. The lowest BCUT2D eigenvalue weighted by Crippen LogP contribution is -1.87. The Balaban J connectivity index is 2.91. The highest BCUT2D eigenvalue weighted by Gasteiger charge is 1.95. The van der Waals surface area contributed by atoms with Gasteiger partial charge in [0.25, 0.3) is 0 Å². The number of rotatable bonds is 2. The van der Waals surface area contributed by atoms with Crippen LogP contribution in [0.2, 0.25) is 0 Å². The molecule has 60 valence electrons. The lowest BCUT2D eigenvalue weighted by molar-refractivity contribution is 0.414. The Hall–Kier alpha value is -0.830. The van der Waals surface area contributed by atoms with Gasteiger partial charge in [0, 0.05) is 22.0 Å². The van der Waals surface area contributed by atoms with Crippen LogP contribution >= 0.6 is 0 Å². The van der Waals surface area contributed by atoms with E-state index in [1.54, 1.807) is 37.6 Å². The lowest BCUT2D eigenvalue weighted by atomic mass is 10.3. The molecule has 3 heteroatoms. The van der Waals surface area contributed by atoms with Crippen LogP contribution < -0.4 is 4.74 Å². The summed E-state index contributed by atoms with van der Waals surface area (Å²) in [6, 6.07) is 7.21. The normalized spacial score (nSPS) is 12.5. The standard InChI is InChI=1S/C8H10O2S/c1-10-7-3-5-8(6-4-7)11(2)9/h3-6H,1-2H3. The fourth-order valence-electron chi connectivity index (χ4n) is 0.767. The van der Waals surface area contributed by atoms with E-state index in [2.05, 4.69) is 0 Å². The van der Waals surface area contributed by atoms with Gasteiger partial charge in [-0.1, -0.05) is 0 Å². The quantitative estimate of drug-likeness (QED) is 0.671. The summed E-state index contributed by atoms with van der Waals surface area (Å²) in [4.78, 5) is 0.825. The van der Waals surface area contributed by atoms with Crippen molar-refractivity contribution in [2.24, 2.45) is 0 Å². The second kappa shape index (κ2) is 3.53. The summed E-state index contributed by atoms with van der Waals surface area (Å²) < 4.78 is 15.9. The Morgan fingerprint density at radius 3 is 2.18 bits per heavy atom. The third-order valence-corrected chi connectivity index (χ3v) is 2.33. The molecule has 0 radical (unpaired) electrons. The van der Waals surface area contributed by atoms with Crippen LogP contribution in [-0.4, -0.2) is 17.6 Å². The van der Waals surface area contributed by atoms with Gasteiger partial charge in [-0.3, -0.25) is 4.21 Å². The van der Waals surface area contributed by atoms with Crippen molar-refractivity contribution in [2.45, 2.75) is 4.90 Å². The van der Waals surface area contributed by atoms with Crippen LogP contribution in [0, 0.1) is 0 Å². The summed E-state index contributed by atoms with van der Waals surface area (Å²) >= 11 is 0.